The van der Waals surface area contributed by atoms with Gasteiger partial charge in [0.25, 0.3) is 24.2 Å². The number of H-pyrrole nitrogens is 1. The van der Waals surface area contributed by atoms with E-state index < -0.39 is 77.1 Å². The Hall–Kier alpha value is -12.9. The van der Waals surface area contributed by atoms with Crippen LogP contribution in [0.15, 0.2) is 70.4 Å². The number of aromatic nitrogens is 22. The Morgan fingerprint density at radius 3 is 1.14 bits per heavy atom. The van der Waals surface area contributed by atoms with Crippen molar-refractivity contribution in [1.29, 1.82) is 0 Å². The zero-order valence-electron chi connectivity index (χ0n) is 79.4. The molecule has 10 saturated carbocycles. The van der Waals surface area contributed by atoms with E-state index in [9.17, 15) is 75.4 Å². The van der Waals surface area contributed by atoms with Crippen LogP contribution in [0.4, 0.5) is 125 Å². The van der Waals surface area contributed by atoms with Gasteiger partial charge in [0.1, 0.15) is 28.5 Å². The molecule has 10 aliphatic rings. The number of nitrogens with one attached hydrogen (secondary N) is 11. The van der Waals surface area contributed by atoms with Gasteiger partial charge in [0.05, 0.1) is 13.3 Å². The third kappa shape index (κ3) is 29.9. The van der Waals surface area contributed by atoms with Gasteiger partial charge in [-0.2, -0.15) is 79.9 Å². The van der Waals surface area contributed by atoms with Crippen molar-refractivity contribution in [2.45, 2.75) is 324 Å². The molecule has 10 fully saturated rings. The quantitative estimate of drug-likeness (QED) is 0.0142. The van der Waals surface area contributed by atoms with Gasteiger partial charge in [-0.3, -0.25) is 4.79 Å². The number of nitrogens with zero attached hydrogens (tertiary/aromatic N) is 21. The van der Waals surface area contributed by atoms with E-state index in [2.05, 4.69) is 186 Å². The lowest BCUT2D eigenvalue weighted by atomic mass is 9.88. The number of methoxy groups -OCH3 is 1. The van der Waals surface area contributed by atoms with Gasteiger partial charge < -0.3 is 67.4 Å². The first-order chi connectivity index (χ1) is 68.0. The number of rotatable bonds is 31. The highest BCUT2D eigenvalue weighted by molar-refractivity contribution is 5.87. The van der Waals surface area contributed by atoms with Crippen LogP contribution in [0.3, 0.4) is 0 Å². The molecule has 10 aliphatic carbocycles. The highest BCUT2D eigenvalue weighted by Gasteiger charge is 2.48. The molecule has 4 atom stereocenters. The monoisotopic (exact) mass is 2010 g/mol. The van der Waals surface area contributed by atoms with Crippen molar-refractivity contribution in [3.63, 3.8) is 0 Å². The van der Waals surface area contributed by atoms with E-state index in [0.29, 0.717) is 88.7 Å². The summed E-state index contributed by atoms with van der Waals surface area (Å²) in [6, 6.07) is 9.02. The third-order valence-electron chi connectivity index (χ3n) is 26.3. The fourth-order valence-corrected chi connectivity index (χ4v) is 17.1. The van der Waals surface area contributed by atoms with Gasteiger partial charge in [-0.1, -0.05) is 11.2 Å². The Morgan fingerprint density at radius 1 is 0.420 bits per heavy atom. The zero-order chi connectivity index (χ0) is 101. The fraction of sp³-hybridized carbons (Fsp3) is 0.609. The summed E-state index contributed by atoms with van der Waals surface area (Å²) in [5.74, 6) is -10.7. The molecule has 0 amide bonds. The molecule has 10 aromatic rings. The first-order valence-corrected chi connectivity index (χ1v) is 48.2. The van der Waals surface area contributed by atoms with Crippen molar-refractivity contribution < 1.29 is 79.9 Å². The minimum absolute atomic E-state index is 0.0259. The van der Waals surface area contributed by atoms with Crippen molar-refractivity contribution in [1.82, 2.24) is 110 Å². The number of aromatic amines is 1. The van der Waals surface area contributed by atoms with Crippen LogP contribution in [0.1, 0.15) is 241 Å². The number of hydrogen-bond donors (Lipinski definition) is 11. The molecule has 51 heteroatoms. The normalized spacial score (nSPS) is 20.5. The number of halogens is 15. The SMILES string of the molecule is COC(=O)c1cccc(-c2nc(N[C@H](C)C3CC3)nc(N[C@H](C)C3CC3)n2)n1.Cc1cc(-c2nc(NC3CC(F)(F)C3)nc(NC3CC(F)(F)C3)n2)no1.Cc1cnn(-c2nc(N[C@H](C)C3CC3)nc(N[C@H](C)C3CC3)n2)c1.FC(F)c1ccnc(-c2nc(NC3CCC(F)(F)CC3)nc(NC3CCC(F)(F)CC3)n2)n1.O=c1ccc(F)c(-c2nc(NC3CCC(F)(F)CC3)nc(NC3CCC(F)(F)CC3)n2)[nH]1. The van der Waals surface area contributed by atoms with Crippen LogP contribution in [-0.4, -0.2) is 219 Å². The average Bonchev–Trinajstić information content (AvgIpc) is 1.64. The molecule has 0 aromatic carbocycles. The Bertz CT molecular complexity index is 5820. The summed E-state index contributed by atoms with van der Waals surface area (Å²) in [6.07, 6.45) is 10.3. The smallest absolute Gasteiger partial charge is 0.356 e. The molecule has 11 N–H and O–H groups in total. The summed E-state index contributed by atoms with van der Waals surface area (Å²) in [4.78, 5) is 103. The maximum atomic E-state index is 14.3. The predicted octanol–water partition coefficient (Wildman–Crippen LogP) is 18.8. The number of ether oxygens (including phenoxy) is 1. The second-order valence-electron chi connectivity index (χ2n) is 38.7. The second-order valence-corrected chi connectivity index (χ2v) is 38.7. The number of alkyl halides is 14. The summed E-state index contributed by atoms with van der Waals surface area (Å²) in [6.45, 7) is 12.4. The summed E-state index contributed by atoms with van der Waals surface area (Å²) in [5.41, 5.74) is 0.836. The Morgan fingerprint density at radius 2 is 0.783 bits per heavy atom. The molecule has 36 nitrogen and oxygen atoms in total. The molecule has 0 bridgehead atoms. The molecule has 770 valence electrons. The van der Waals surface area contributed by atoms with Crippen molar-refractivity contribution in [3.8, 4) is 52.2 Å². The first-order valence-electron chi connectivity index (χ1n) is 48.2. The highest BCUT2D eigenvalue weighted by atomic mass is 19.3. The first kappa shape index (κ1) is 103. The molecule has 0 aliphatic heterocycles. The molecule has 0 saturated heterocycles. The van der Waals surface area contributed by atoms with Gasteiger partial charge in [-0.15, -0.1) is 0 Å². The Kier molecular flexibility index (Phi) is 31.5. The fourth-order valence-electron chi connectivity index (χ4n) is 17.1. The van der Waals surface area contributed by atoms with Gasteiger partial charge in [-0.25, -0.2) is 90.3 Å². The number of carbonyl (C=O) groups is 1. The van der Waals surface area contributed by atoms with E-state index in [4.69, 9.17) is 9.26 Å². The van der Waals surface area contributed by atoms with Crippen molar-refractivity contribution in [2.75, 3.05) is 60.3 Å². The molecule has 10 heterocycles. The van der Waals surface area contributed by atoms with E-state index in [0.717, 1.165) is 41.8 Å². The van der Waals surface area contributed by atoms with Gasteiger partial charge >= 0.3 is 5.97 Å². The molecule has 0 unspecified atom stereocenters. The van der Waals surface area contributed by atoms with Crippen molar-refractivity contribution in [3.05, 3.63) is 99.9 Å². The molecule has 0 spiro atoms. The van der Waals surface area contributed by atoms with Gasteiger partial charge in [0.2, 0.25) is 94.6 Å². The number of esters is 1. The number of anilines is 10. The van der Waals surface area contributed by atoms with Crippen molar-refractivity contribution in [2.24, 2.45) is 23.7 Å². The molecule has 143 heavy (non-hydrogen) atoms. The molecule has 20 rings (SSSR count). The van der Waals surface area contributed by atoms with Crippen LogP contribution in [0.25, 0.3) is 52.2 Å². The Labute approximate surface area is 811 Å². The zero-order valence-corrected chi connectivity index (χ0v) is 79.4. The summed E-state index contributed by atoms with van der Waals surface area (Å²) in [5, 5.41) is 39.4. The van der Waals surface area contributed by atoms with Crippen molar-refractivity contribution >= 4 is 65.5 Å². The van der Waals surface area contributed by atoms with Crippen LogP contribution in [0.2, 0.25) is 0 Å². The number of hydrogen-bond acceptors (Lipinski definition) is 34. The van der Waals surface area contributed by atoms with Crippen LogP contribution >= 0.6 is 0 Å². The topological polar surface area (TPSA) is 455 Å². The summed E-state index contributed by atoms with van der Waals surface area (Å²) >= 11 is 0. The number of carbonyl (C=O) groups excluding carboxylic acids is 1. The van der Waals surface area contributed by atoms with Crippen LogP contribution in [-0.2, 0) is 4.74 Å². The minimum atomic E-state index is -2.82. The maximum Gasteiger partial charge on any atom is 0.356 e. The number of aryl methyl sites for hydroxylation is 2. The third-order valence-corrected chi connectivity index (χ3v) is 26.3. The molecular weight excluding hydrogens is 1900 g/mol. The van der Waals surface area contributed by atoms with E-state index >= 15 is 0 Å². The Balaban J connectivity index is 0.000000129. The lowest BCUT2D eigenvalue weighted by molar-refractivity contribution is -0.0799. The van der Waals surface area contributed by atoms with Gasteiger partial charge in [0.15, 0.2) is 34.8 Å². The van der Waals surface area contributed by atoms with Crippen LogP contribution in [0.5, 0.6) is 0 Å². The lowest BCUT2D eigenvalue weighted by Gasteiger charge is -2.36. The highest BCUT2D eigenvalue weighted by Crippen LogP contribution is 2.45. The average molecular weight is 2020 g/mol. The van der Waals surface area contributed by atoms with E-state index in [-0.39, 0.29) is 223 Å². The molecule has 10 aromatic heterocycles. The summed E-state index contributed by atoms with van der Waals surface area (Å²) < 4.78 is 212. The lowest BCUT2D eigenvalue weighted by Crippen LogP contribution is -2.45. The maximum absolute atomic E-state index is 14.3. The van der Waals surface area contributed by atoms with Crippen LogP contribution < -0.4 is 58.7 Å². The molecular formula is C92H113F15N32O4. The van der Waals surface area contributed by atoms with Gasteiger partial charge in [0, 0.05) is 162 Å². The second kappa shape index (κ2) is 43.7. The number of pyridine rings is 2. The van der Waals surface area contributed by atoms with Gasteiger partial charge in [-0.05, 0) is 198 Å². The predicted molar refractivity (Wildman–Crippen MR) is 498 cm³/mol. The van der Waals surface area contributed by atoms with Crippen LogP contribution in [0, 0.1) is 43.3 Å². The van der Waals surface area contributed by atoms with E-state index in [1.165, 1.54) is 58.5 Å². The van der Waals surface area contributed by atoms with E-state index in [1.807, 2.05) is 19.3 Å². The standard InChI is InChI=1S/C20H23F6N7.C20H23F5N6O.C20H26N6O2.C17H25N7.C15H16F4N6O/c21-14(22)13-5-10-27-15(30-13)16-31-17(28-11-1-6-19(23,24)7-2-11)33-18(32-16)29-12-3-8-20(25,26)9-4-12;21-13-1-2-14(32)28-15(13)16-29-17(26-11-3-7-19(22,23)8-4-11)31-18(30-16)27-12-5-9-20(24,25)10-6-12;1-11(13-7-8-13)21-19-24-17(15-5-4-6-16(23-15)18(27)28-3)25-20(26-19)22-12(2)14-9-10-14;1-10-8-18-24(9-10)17-22-15(19-11(2)13-4-5-13)21-16(23-17)20-12(3)14-6-7-14;1-7-2-10(25-26-7)11-22-12(20-8-3-14(16,17)4-8)24-13(23-11)21-9-5-15(18,19)6-9/h5,10-12,14H,1-4,6-9H2,(H2,28,29,31,32,33);1-2,11-12H,3-10H2,(H,28,32)(H2,26,27,29,30,31);4-6,11-14H,7-10H2,1-3H3,(H2,21,22,24,25,26);8-9,11-14H,4-7H2,1-3H3,(H2,19,20,21,22,23);2,8-9H,3-6H2,1H3,(H2,20,21,22,23,24)/t;;2*11-,12-;/m..11./s1. The largest absolute Gasteiger partial charge is 0.464 e. The van der Waals surface area contributed by atoms with E-state index in [1.54, 1.807) is 35.9 Å². The summed E-state index contributed by atoms with van der Waals surface area (Å²) in [7, 11) is 1.34. The minimum Gasteiger partial charge on any atom is -0.464 e. The molecule has 0 radical (unpaired) electrons.